The smallest absolute Gasteiger partial charge is 0.220 e. The molecule has 4 nitrogen and oxygen atoms in total. The van der Waals surface area contributed by atoms with Gasteiger partial charge in [0.25, 0.3) is 0 Å². The van der Waals surface area contributed by atoms with Crippen molar-refractivity contribution in [3.05, 3.63) is 35.9 Å². The van der Waals surface area contributed by atoms with Crippen molar-refractivity contribution in [3.8, 4) is 0 Å². The number of aliphatic hydroxyl groups excluding tert-OH is 1. The number of nitrogens with zero attached hydrogens (tertiary/aromatic N) is 1. The Kier molecular flexibility index (Phi) is 5.57. The van der Waals surface area contributed by atoms with Crippen LogP contribution in [0.2, 0.25) is 0 Å². The molecule has 1 aromatic rings. The third-order valence-corrected chi connectivity index (χ3v) is 5.67. The lowest BCUT2D eigenvalue weighted by Crippen LogP contribution is -2.44. The van der Waals surface area contributed by atoms with E-state index in [0.29, 0.717) is 18.9 Å². The topological polar surface area (TPSA) is 49.8 Å². The molecule has 1 heterocycles. The van der Waals surface area contributed by atoms with Crippen molar-refractivity contribution in [2.45, 2.75) is 76.2 Å². The van der Waals surface area contributed by atoms with Crippen LogP contribution < -0.4 is 0 Å². The van der Waals surface area contributed by atoms with Crippen LogP contribution in [0.25, 0.3) is 0 Å². The largest absolute Gasteiger partial charge is 0.391 e. The van der Waals surface area contributed by atoms with E-state index in [1.54, 1.807) is 11.8 Å². The van der Waals surface area contributed by atoms with Gasteiger partial charge in [-0.05, 0) is 50.5 Å². The van der Waals surface area contributed by atoms with Crippen LogP contribution in [-0.4, -0.2) is 46.8 Å². The summed E-state index contributed by atoms with van der Waals surface area (Å²) in [6.45, 7) is 4.02. The molecule has 4 heteroatoms. The number of amides is 1. The third kappa shape index (κ3) is 3.81. The molecule has 0 spiro atoms. The average molecular weight is 331 g/mol. The first-order chi connectivity index (χ1) is 11.6. The molecule has 0 aromatic heterocycles. The summed E-state index contributed by atoms with van der Waals surface area (Å²) in [6.07, 6.45) is 4.83. The molecule has 24 heavy (non-hydrogen) atoms. The molecule has 1 aliphatic heterocycles. The van der Waals surface area contributed by atoms with Crippen molar-refractivity contribution >= 4 is 5.91 Å². The first kappa shape index (κ1) is 17.4. The number of hydrogen-bond acceptors (Lipinski definition) is 3. The second-order valence-electron chi connectivity index (χ2n) is 7.36. The molecule has 1 saturated carbocycles. The molecule has 1 aliphatic carbocycles. The van der Waals surface area contributed by atoms with Gasteiger partial charge in [-0.3, -0.25) is 4.79 Å². The van der Waals surface area contributed by atoms with Crippen molar-refractivity contribution in [1.29, 1.82) is 0 Å². The lowest BCUT2D eigenvalue weighted by molar-refractivity contribution is -0.134. The Morgan fingerprint density at radius 2 is 1.88 bits per heavy atom. The van der Waals surface area contributed by atoms with E-state index in [2.05, 4.69) is 30.3 Å². The molecule has 132 valence electrons. The Morgan fingerprint density at radius 1 is 1.21 bits per heavy atom. The Balaban J connectivity index is 1.49. The number of benzene rings is 1. The van der Waals surface area contributed by atoms with E-state index in [0.717, 1.165) is 25.7 Å². The summed E-state index contributed by atoms with van der Waals surface area (Å²) in [5.74, 6) is 0.664. The Bertz CT molecular complexity index is 539. The van der Waals surface area contributed by atoms with Crippen molar-refractivity contribution in [1.82, 2.24) is 4.90 Å². The van der Waals surface area contributed by atoms with Gasteiger partial charge in [-0.25, -0.2) is 0 Å². The van der Waals surface area contributed by atoms with E-state index < -0.39 is 6.10 Å². The fraction of sp³-hybridized carbons (Fsp3) is 0.650. The molecule has 1 N–H and O–H groups in total. The number of aliphatic hydroxyl groups is 1. The number of likely N-dealkylation sites (tertiary alicyclic amines) is 1. The van der Waals surface area contributed by atoms with Gasteiger partial charge in [0.15, 0.2) is 0 Å². The van der Waals surface area contributed by atoms with Crippen molar-refractivity contribution in [2.24, 2.45) is 0 Å². The molecule has 2 aliphatic rings. The highest BCUT2D eigenvalue weighted by Crippen LogP contribution is 2.34. The predicted octanol–water partition coefficient (Wildman–Crippen LogP) is 3.10. The molecule has 1 unspecified atom stereocenters. The molecule has 0 bridgehead atoms. The minimum Gasteiger partial charge on any atom is -0.391 e. The van der Waals surface area contributed by atoms with Crippen LogP contribution in [0.1, 0.15) is 57.4 Å². The van der Waals surface area contributed by atoms with Gasteiger partial charge in [0.2, 0.25) is 5.91 Å². The lowest BCUT2D eigenvalue weighted by Gasteiger charge is -2.32. The number of rotatable bonds is 4. The van der Waals surface area contributed by atoms with E-state index in [9.17, 15) is 9.90 Å². The molecule has 3 rings (SSSR count). The SMILES string of the molecule is CC(=O)N1[C@H](C)CC(O)[C@@H]1COC1CCC(c2ccccc2)CC1. The predicted molar refractivity (Wildman–Crippen MR) is 93.8 cm³/mol. The van der Waals surface area contributed by atoms with Crippen LogP contribution in [0.15, 0.2) is 30.3 Å². The molecule has 1 aromatic carbocycles. The third-order valence-electron chi connectivity index (χ3n) is 5.67. The average Bonchev–Trinajstić information content (AvgIpc) is 2.88. The van der Waals surface area contributed by atoms with Crippen molar-refractivity contribution < 1.29 is 14.6 Å². The van der Waals surface area contributed by atoms with Gasteiger partial charge < -0.3 is 14.7 Å². The van der Waals surface area contributed by atoms with E-state index in [1.807, 2.05) is 6.92 Å². The van der Waals surface area contributed by atoms with E-state index >= 15 is 0 Å². The zero-order chi connectivity index (χ0) is 17.1. The minimum atomic E-state index is -0.468. The Morgan fingerprint density at radius 3 is 2.50 bits per heavy atom. The molecule has 2 fully saturated rings. The summed E-state index contributed by atoms with van der Waals surface area (Å²) < 4.78 is 6.10. The summed E-state index contributed by atoms with van der Waals surface area (Å²) in [4.78, 5) is 13.6. The standard InChI is InChI=1S/C20H29NO3/c1-14-12-20(23)19(21(14)15(2)22)13-24-18-10-8-17(9-11-18)16-6-4-3-5-7-16/h3-7,14,17-20,23H,8-13H2,1-2H3/t14-,17?,18?,19+,20?/m1/s1. The van der Waals surface area contributed by atoms with Crippen LogP contribution in [0, 0.1) is 0 Å². The number of carbonyl (C=O) groups is 1. The van der Waals surface area contributed by atoms with Crippen LogP contribution in [0.4, 0.5) is 0 Å². The highest BCUT2D eigenvalue weighted by molar-refractivity contribution is 5.74. The van der Waals surface area contributed by atoms with Gasteiger partial charge in [0.1, 0.15) is 0 Å². The quantitative estimate of drug-likeness (QED) is 0.922. The summed E-state index contributed by atoms with van der Waals surface area (Å²) in [5.41, 5.74) is 1.43. The van der Waals surface area contributed by atoms with Crippen molar-refractivity contribution in [2.75, 3.05) is 6.61 Å². The first-order valence-electron chi connectivity index (χ1n) is 9.19. The lowest BCUT2D eigenvalue weighted by atomic mass is 9.83. The zero-order valence-electron chi connectivity index (χ0n) is 14.7. The zero-order valence-corrected chi connectivity index (χ0v) is 14.7. The summed E-state index contributed by atoms with van der Waals surface area (Å²) in [6, 6.07) is 10.6. The van der Waals surface area contributed by atoms with Crippen molar-refractivity contribution in [3.63, 3.8) is 0 Å². The fourth-order valence-electron chi connectivity index (χ4n) is 4.39. The number of carbonyl (C=O) groups excluding carboxylic acids is 1. The molecule has 0 radical (unpaired) electrons. The summed E-state index contributed by atoms with van der Waals surface area (Å²) >= 11 is 0. The van der Waals surface area contributed by atoms with E-state index in [1.165, 1.54) is 5.56 Å². The molecule has 3 atom stereocenters. The maximum atomic E-state index is 11.8. The molecular formula is C20H29NO3. The van der Waals surface area contributed by atoms with Gasteiger partial charge >= 0.3 is 0 Å². The Labute approximate surface area is 144 Å². The van der Waals surface area contributed by atoms with Gasteiger partial charge in [-0.1, -0.05) is 30.3 Å². The van der Waals surface area contributed by atoms with E-state index in [4.69, 9.17) is 4.74 Å². The van der Waals surface area contributed by atoms with Crippen LogP contribution in [-0.2, 0) is 9.53 Å². The highest BCUT2D eigenvalue weighted by Gasteiger charge is 2.40. The van der Waals surface area contributed by atoms with E-state index in [-0.39, 0.29) is 24.1 Å². The highest BCUT2D eigenvalue weighted by atomic mass is 16.5. The molecular weight excluding hydrogens is 302 g/mol. The fourth-order valence-corrected chi connectivity index (χ4v) is 4.39. The number of ether oxygens (including phenoxy) is 1. The van der Waals surface area contributed by atoms with Crippen LogP contribution >= 0.6 is 0 Å². The summed E-state index contributed by atoms with van der Waals surface area (Å²) in [7, 11) is 0. The van der Waals surface area contributed by atoms with Crippen LogP contribution in [0.3, 0.4) is 0 Å². The summed E-state index contributed by atoms with van der Waals surface area (Å²) in [5, 5.41) is 10.2. The van der Waals surface area contributed by atoms with Crippen LogP contribution in [0.5, 0.6) is 0 Å². The molecule has 1 amide bonds. The van der Waals surface area contributed by atoms with Gasteiger partial charge in [0.05, 0.1) is 24.9 Å². The van der Waals surface area contributed by atoms with Gasteiger partial charge in [-0.2, -0.15) is 0 Å². The maximum Gasteiger partial charge on any atom is 0.220 e. The minimum absolute atomic E-state index is 0.0282. The van der Waals surface area contributed by atoms with Gasteiger partial charge in [0, 0.05) is 13.0 Å². The number of hydrogen-bond donors (Lipinski definition) is 1. The second-order valence-corrected chi connectivity index (χ2v) is 7.36. The normalized spacial score (nSPS) is 33.6. The van der Waals surface area contributed by atoms with Gasteiger partial charge in [-0.15, -0.1) is 0 Å². The Hall–Kier alpha value is -1.39. The second kappa shape index (κ2) is 7.66. The molecule has 1 saturated heterocycles. The maximum absolute atomic E-state index is 11.8. The monoisotopic (exact) mass is 331 g/mol. The first-order valence-corrected chi connectivity index (χ1v) is 9.19.